The van der Waals surface area contributed by atoms with E-state index in [4.69, 9.17) is 0 Å². The summed E-state index contributed by atoms with van der Waals surface area (Å²) < 4.78 is 0. The molecule has 5 heteroatoms. The number of urea groups is 1. The van der Waals surface area contributed by atoms with E-state index in [1.54, 1.807) is 0 Å². The highest BCUT2D eigenvalue weighted by atomic mass is 16.2. The van der Waals surface area contributed by atoms with E-state index in [2.05, 4.69) is 28.1 Å². The minimum atomic E-state index is -0.738. The lowest BCUT2D eigenvalue weighted by Gasteiger charge is -2.20. The monoisotopic (exact) mass is 463 g/mol. The Morgan fingerprint density at radius 2 is 1.17 bits per heavy atom. The first-order valence-electron chi connectivity index (χ1n) is 11.7. The van der Waals surface area contributed by atoms with Gasteiger partial charge in [-0.2, -0.15) is 0 Å². The van der Waals surface area contributed by atoms with E-state index in [0.717, 1.165) is 27.9 Å². The summed E-state index contributed by atoms with van der Waals surface area (Å²) in [7, 11) is 0. The van der Waals surface area contributed by atoms with Crippen molar-refractivity contribution >= 4 is 17.6 Å². The third-order valence-corrected chi connectivity index (χ3v) is 5.71. The van der Waals surface area contributed by atoms with Crippen molar-refractivity contribution < 1.29 is 9.59 Å². The fourth-order valence-electron chi connectivity index (χ4n) is 3.88. The van der Waals surface area contributed by atoms with Crippen molar-refractivity contribution in [3.05, 3.63) is 138 Å². The van der Waals surface area contributed by atoms with Crippen LogP contribution in [0.1, 0.15) is 22.3 Å². The van der Waals surface area contributed by atoms with Gasteiger partial charge in [0.15, 0.2) is 0 Å². The molecule has 5 nitrogen and oxygen atoms in total. The van der Waals surface area contributed by atoms with Crippen LogP contribution in [0.15, 0.2) is 115 Å². The Balaban J connectivity index is 1.47. The van der Waals surface area contributed by atoms with Gasteiger partial charge in [0.05, 0.1) is 0 Å². The molecule has 0 radical (unpaired) electrons. The number of carbonyl (C=O) groups is 2. The summed E-state index contributed by atoms with van der Waals surface area (Å²) in [6, 6.07) is 36.1. The largest absolute Gasteiger partial charge is 0.334 e. The molecule has 4 rings (SSSR count). The van der Waals surface area contributed by atoms with E-state index in [-0.39, 0.29) is 11.9 Å². The molecule has 4 aromatic carbocycles. The quantitative estimate of drug-likeness (QED) is 0.314. The summed E-state index contributed by atoms with van der Waals surface area (Å²) >= 11 is 0. The number of para-hydroxylation sites is 1. The third kappa shape index (κ3) is 7.30. The van der Waals surface area contributed by atoms with Gasteiger partial charge < -0.3 is 16.0 Å². The zero-order valence-corrected chi connectivity index (χ0v) is 19.5. The van der Waals surface area contributed by atoms with Gasteiger partial charge >= 0.3 is 6.03 Å². The minimum Gasteiger partial charge on any atom is -0.334 e. The van der Waals surface area contributed by atoms with Gasteiger partial charge in [-0.1, -0.05) is 109 Å². The lowest BCUT2D eigenvalue weighted by molar-refractivity contribution is -0.117. The van der Waals surface area contributed by atoms with Gasteiger partial charge in [-0.15, -0.1) is 0 Å². The van der Waals surface area contributed by atoms with Crippen molar-refractivity contribution in [2.45, 2.75) is 25.4 Å². The maximum Gasteiger partial charge on any atom is 0.315 e. The van der Waals surface area contributed by atoms with Crippen LogP contribution in [0.5, 0.6) is 0 Å². The third-order valence-electron chi connectivity index (χ3n) is 5.71. The van der Waals surface area contributed by atoms with Gasteiger partial charge in [0.25, 0.3) is 0 Å². The molecule has 0 heterocycles. The van der Waals surface area contributed by atoms with Crippen LogP contribution < -0.4 is 16.0 Å². The fourth-order valence-corrected chi connectivity index (χ4v) is 3.88. The first kappa shape index (κ1) is 23.8. The van der Waals surface area contributed by atoms with Crippen LogP contribution in [0.25, 0.3) is 0 Å². The second-order valence-electron chi connectivity index (χ2n) is 8.36. The lowest BCUT2D eigenvalue weighted by Crippen LogP contribution is -2.49. The number of hydrogen-bond donors (Lipinski definition) is 3. The molecule has 0 saturated heterocycles. The smallest absolute Gasteiger partial charge is 0.315 e. The number of hydrogen-bond acceptors (Lipinski definition) is 2. The van der Waals surface area contributed by atoms with E-state index < -0.39 is 6.04 Å². The van der Waals surface area contributed by atoms with Gasteiger partial charge in [0.2, 0.25) is 5.91 Å². The molecule has 0 saturated carbocycles. The Hall–Kier alpha value is -4.38. The Morgan fingerprint density at radius 3 is 1.83 bits per heavy atom. The molecule has 3 N–H and O–H groups in total. The number of carbonyl (C=O) groups excluding carboxylic acids is 2. The van der Waals surface area contributed by atoms with Gasteiger partial charge in [0.1, 0.15) is 6.04 Å². The summed E-state index contributed by atoms with van der Waals surface area (Å²) in [6.45, 7) is 0.381. The number of amides is 3. The molecule has 3 amide bonds. The van der Waals surface area contributed by atoms with Gasteiger partial charge in [-0.25, -0.2) is 4.79 Å². The number of anilines is 1. The molecule has 0 spiro atoms. The van der Waals surface area contributed by atoms with Crippen LogP contribution in [0.4, 0.5) is 10.5 Å². The van der Waals surface area contributed by atoms with E-state index in [0.29, 0.717) is 19.4 Å². The molecule has 1 unspecified atom stereocenters. The first-order valence-corrected chi connectivity index (χ1v) is 11.7. The standard InChI is InChI=1S/C30H29N3O2/c34-29(32-27-19-11-10-18-26(27)20-23-12-4-1-5-13-23)28(21-24-14-6-2-7-15-24)33-30(35)31-22-25-16-8-3-9-17-25/h1-19,28H,20-22H2,(H,32,34)(H2,31,33,35). The molecule has 0 aliphatic heterocycles. The molecule has 4 aromatic rings. The molecule has 1 atom stereocenters. The first-order chi connectivity index (χ1) is 17.2. The number of nitrogens with one attached hydrogen (secondary N) is 3. The molecule has 35 heavy (non-hydrogen) atoms. The Bertz CT molecular complexity index is 1230. The maximum atomic E-state index is 13.4. The summed E-state index contributed by atoms with van der Waals surface area (Å²) in [6.07, 6.45) is 1.08. The van der Waals surface area contributed by atoms with Crippen LogP contribution in [-0.4, -0.2) is 18.0 Å². The van der Waals surface area contributed by atoms with E-state index >= 15 is 0 Å². The summed E-state index contributed by atoms with van der Waals surface area (Å²) in [4.78, 5) is 26.1. The minimum absolute atomic E-state index is 0.260. The van der Waals surface area contributed by atoms with E-state index in [9.17, 15) is 9.59 Å². The topological polar surface area (TPSA) is 70.2 Å². The molecule has 0 fully saturated rings. The van der Waals surface area contributed by atoms with Crippen molar-refractivity contribution in [1.82, 2.24) is 10.6 Å². The highest BCUT2D eigenvalue weighted by molar-refractivity contribution is 5.97. The maximum absolute atomic E-state index is 13.4. The fraction of sp³-hybridized carbons (Fsp3) is 0.133. The number of rotatable bonds is 9. The van der Waals surface area contributed by atoms with Crippen LogP contribution >= 0.6 is 0 Å². The zero-order valence-electron chi connectivity index (χ0n) is 19.5. The van der Waals surface area contributed by atoms with Crippen molar-refractivity contribution in [2.24, 2.45) is 0 Å². The van der Waals surface area contributed by atoms with Crippen molar-refractivity contribution in [1.29, 1.82) is 0 Å². The molecular weight excluding hydrogens is 434 g/mol. The number of benzene rings is 4. The van der Waals surface area contributed by atoms with E-state index in [1.165, 1.54) is 0 Å². The zero-order chi connectivity index (χ0) is 24.3. The second-order valence-corrected chi connectivity index (χ2v) is 8.36. The van der Waals surface area contributed by atoms with Crippen molar-refractivity contribution in [3.63, 3.8) is 0 Å². The molecule has 176 valence electrons. The van der Waals surface area contributed by atoms with Crippen LogP contribution in [0.3, 0.4) is 0 Å². The van der Waals surface area contributed by atoms with Crippen LogP contribution in [-0.2, 0) is 24.2 Å². The highest BCUT2D eigenvalue weighted by Crippen LogP contribution is 2.20. The lowest BCUT2D eigenvalue weighted by atomic mass is 10.0. The molecule has 0 aliphatic rings. The van der Waals surface area contributed by atoms with E-state index in [1.807, 2.05) is 103 Å². The molecule has 0 aliphatic carbocycles. The van der Waals surface area contributed by atoms with Gasteiger partial charge in [-0.3, -0.25) is 4.79 Å². The summed E-state index contributed by atoms with van der Waals surface area (Å²) in [5.41, 5.74) is 4.87. The van der Waals surface area contributed by atoms with Crippen LogP contribution in [0.2, 0.25) is 0 Å². The second kappa shape index (κ2) is 12.2. The predicted octanol–water partition coefficient (Wildman–Crippen LogP) is 5.33. The van der Waals surface area contributed by atoms with Gasteiger partial charge in [-0.05, 0) is 34.7 Å². The average Bonchev–Trinajstić information content (AvgIpc) is 2.90. The predicted molar refractivity (Wildman–Crippen MR) is 140 cm³/mol. The Morgan fingerprint density at radius 1 is 0.629 bits per heavy atom. The summed E-state index contributed by atoms with van der Waals surface area (Å²) in [5.74, 6) is -0.260. The molecule has 0 aromatic heterocycles. The SMILES string of the molecule is O=C(NCc1ccccc1)NC(Cc1ccccc1)C(=O)Nc1ccccc1Cc1ccccc1. The highest BCUT2D eigenvalue weighted by Gasteiger charge is 2.22. The summed E-state index contributed by atoms with van der Waals surface area (Å²) in [5, 5.41) is 8.76. The Labute approximate surface area is 206 Å². The normalized spacial score (nSPS) is 11.3. The van der Waals surface area contributed by atoms with Crippen molar-refractivity contribution in [2.75, 3.05) is 5.32 Å². The Kier molecular flexibility index (Phi) is 8.28. The van der Waals surface area contributed by atoms with Crippen LogP contribution in [0, 0.1) is 0 Å². The molecule has 0 bridgehead atoms. The average molecular weight is 464 g/mol. The van der Waals surface area contributed by atoms with Crippen molar-refractivity contribution in [3.8, 4) is 0 Å². The molecular formula is C30H29N3O2. The van der Waals surface area contributed by atoms with Gasteiger partial charge in [0, 0.05) is 18.7 Å².